The number of hydrogen-bond acceptors (Lipinski definition) is 5. The van der Waals surface area contributed by atoms with E-state index in [0.29, 0.717) is 36.6 Å². The van der Waals surface area contributed by atoms with Gasteiger partial charge in [-0.25, -0.2) is 0 Å². The molecule has 2 aromatic heterocycles. The van der Waals surface area contributed by atoms with Gasteiger partial charge in [-0.05, 0) is 55.9 Å². The molecule has 4 rings (SSSR count). The van der Waals surface area contributed by atoms with E-state index in [4.69, 9.17) is 0 Å². The number of thiophene rings is 1. The van der Waals surface area contributed by atoms with Crippen molar-refractivity contribution in [1.29, 1.82) is 0 Å². The largest absolute Gasteiger partial charge is 0.335 e. The molecule has 0 radical (unpaired) electrons. The first-order valence-electron chi connectivity index (χ1n) is 10.1. The molecule has 4 heterocycles. The normalized spacial score (nSPS) is 18.1. The average molecular weight is 415 g/mol. The zero-order valence-electron chi connectivity index (χ0n) is 16.6. The molecular formula is C21H26N4O3S. The number of amides is 2. The zero-order chi connectivity index (χ0) is 20.4. The lowest BCUT2D eigenvalue weighted by atomic mass is 10.0. The summed E-state index contributed by atoms with van der Waals surface area (Å²) in [6.07, 6.45) is 3.60. The first-order chi connectivity index (χ1) is 14.1. The maximum absolute atomic E-state index is 13.2. The van der Waals surface area contributed by atoms with Crippen molar-refractivity contribution in [2.75, 3.05) is 39.3 Å². The van der Waals surface area contributed by atoms with Crippen molar-refractivity contribution in [1.82, 2.24) is 19.7 Å². The molecule has 7 nitrogen and oxygen atoms in total. The lowest BCUT2D eigenvalue weighted by Crippen LogP contribution is -2.51. The molecule has 0 unspecified atom stereocenters. The van der Waals surface area contributed by atoms with E-state index in [2.05, 4.69) is 5.32 Å². The number of rotatable bonds is 3. The van der Waals surface area contributed by atoms with Crippen LogP contribution in [0.5, 0.6) is 0 Å². The van der Waals surface area contributed by atoms with Gasteiger partial charge in [-0.15, -0.1) is 11.3 Å². The van der Waals surface area contributed by atoms with Crippen LogP contribution in [0.25, 0.3) is 0 Å². The van der Waals surface area contributed by atoms with Crippen LogP contribution in [0.4, 0.5) is 0 Å². The summed E-state index contributed by atoms with van der Waals surface area (Å²) in [6, 6.07) is 5.69. The molecule has 29 heavy (non-hydrogen) atoms. The summed E-state index contributed by atoms with van der Waals surface area (Å²) >= 11 is 1.43. The Kier molecular flexibility index (Phi) is 5.82. The molecule has 2 aromatic rings. The van der Waals surface area contributed by atoms with Crippen molar-refractivity contribution in [3.63, 3.8) is 0 Å². The van der Waals surface area contributed by atoms with Crippen molar-refractivity contribution in [2.45, 2.75) is 25.8 Å². The van der Waals surface area contributed by atoms with E-state index in [-0.39, 0.29) is 29.0 Å². The van der Waals surface area contributed by atoms with Crippen molar-refractivity contribution in [3.05, 3.63) is 56.1 Å². The van der Waals surface area contributed by atoms with Crippen molar-refractivity contribution in [2.24, 2.45) is 0 Å². The molecule has 2 aliphatic rings. The van der Waals surface area contributed by atoms with Gasteiger partial charge < -0.3 is 19.7 Å². The van der Waals surface area contributed by atoms with E-state index >= 15 is 0 Å². The molecular weight excluding hydrogens is 388 g/mol. The minimum atomic E-state index is -0.223. The van der Waals surface area contributed by atoms with Gasteiger partial charge in [-0.1, -0.05) is 6.07 Å². The molecule has 1 N–H and O–H groups in total. The molecule has 8 heteroatoms. The van der Waals surface area contributed by atoms with Gasteiger partial charge in [0.15, 0.2) is 0 Å². The van der Waals surface area contributed by atoms with Gasteiger partial charge in [0.2, 0.25) is 0 Å². The highest BCUT2D eigenvalue weighted by Crippen LogP contribution is 2.19. The quantitative estimate of drug-likeness (QED) is 0.830. The summed E-state index contributed by atoms with van der Waals surface area (Å²) in [5.74, 6) is -0.213. The van der Waals surface area contributed by atoms with Crippen LogP contribution in [0.3, 0.4) is 0 Å². The Morgan fingerprint density at radius 3 is 2.31 bits per heavy atom. The topological polar surface area (TPSA) is 74.7 Å². The molecule has 0 aromatic carbocycles. The second-order valence-electron chi connectivity index (χ2n) is 7.63. The molecule has 2 fully saturated rings. The molecule has 154 valence electrons. The van der Waals surface area contributed by atoms with Crippen LogP contribution < -0.4 is 10.9 Å². The Morgan fingerprint density at radius 2 is 1.69 bits per heavy atom. The summed E-state index contributed by atoms with van der Waals surface area (Å²) in [4.78, 5) is 43.0. The van der Waals surface area contributed by atoms with Crippen molar-refractivity contribution < 1.29 is 9.59 Å². The van der Waals surface area contributed by atoms with E-state index in [1.165, 1.54) is 11.3 Å². The van der Waals surface area contributed by atoms with E-state index in [1.54, 1.807) is 14.4 Å². The number of pyridine rings is 1. The van der Waals surface area contributed by atoms with Crippen molar-refractivity contribution in [3.8, 4) is 0 Å². The molecule has 2 aliphatic heterocycles. The summed E-state index contributed by atoms with van der Waals surface area (Å²) in [7, 11) is 0. The van der Waals surface area contributed by atoms with E-state index in [9.17, 15) is 14.4 Å². The Morgan fingerprint density at radius 1 is 1.03 bits per heavy atom. The molecule has 0 aliphatic carbocycles. The number of aryl methyl sites for hydroxylation is 1. The average Bonchev–Trinajstić information content (AvgIpc) is 3.29. The SMILES string of the molecule is Cc1ccn(C2CCNCC2)c(=O)c1C(=O)N1CCN(C(=O)c2cccs2)CC1. The third kappa shape index (κ3) is 4.00. The van der Waals surface area contributed by atoms with Crippen molar-refractivity contribution >= 4 is 23.2 Å². The fourth-order valence-electron chi connectivity index (χ4n) is 4.10. The van der Waals surface area contributed by atoms with Gasteiger partial charge in [0.05, 0.1) is 4.88 Å². The maximum Gasteiger partial charge on any atom is 0.264 e. The summed E-state index contributed by atoms with van der Waals surface area (Å²) in [5.41, 5.74) is 0.783. The molecule has 0 atom stereocenters. The number of aromatic nitrogens is 1. The van der Waals surface area contributed by atoms with Gasteiger partial charge in [0, 0.05) is 38.4 Å². The number of piperazine rings is 1. The highest BCUT2D eigenvalue weighted by molar-refractivity contribution is 7.12. The number of hydrogen-bond donors (Lipinski definition) is 1. The predicted octanol–water partition coefficient (Wildman–Crippen LogP) is 1.74. The van der Waals surface area contributed by atoms with Crippen LogP contribution in [0.1, 0.15) is 44.5 Å². The Bertz CT molecular complexity index is 939. The lowest BCUT2D eigenvalue weighted by molar-refractivity contribution is 0.0536. The molecule has 0 bridgehead atoms. The number of carbonyl (C=O) groups excluding carboxylic acids is 2. The van der Waals surface area contributed by atoms with Gasteiger partial charge in [-0.2, -0.15) is 0 Å². The monoisotopic (exact) mass is 414 g/mol. The fourth-order valence-corrected chi connectivity index (χ4v) is 4.79. The second-order valence-corrected chi connectivity index (χ2v) is 8.58. The van der Waals surface area contributed by atoms with Gasteiger partial charge in [0.1, 0.15) is 5.56 Å². The first-order valence-corrected chi connectivity index (χ1v) is 11.0. The number of carbonyl (C=O) groups is 2. The summed E-state index contributed by atoms with van der Waals surface area (Å²) in [5, 5.41) is 5.19. The minimum absolute atomic E-state index is 0.0104. The summed E-state index contributed by atoms with van der Waals surface area (Å²) in [6.45, 7) is 5.43. The molecule has 2 amide bonds. The number of nitrogens with one attached hydrogen (secondary N) is 1. The van der Waals surface area contributed by atoms with E-state index in [0.717, 1.165) is 25.9 Å². The van der Waals surface area contributed by atoms with Crippen LogP contribution in [0.15, 0.2) is 34.6 Å². The highest BCUT2D eigenvalue weighted by atomic mass is 32.1. The predicted molar refractivity (Wildman–Crippen MR) is 113 cm³/mol. The Labute approximate surface area is 173 Å². The standard InChI is InChI=1S/C21H26N4O3S/c1-15-6-9-25(16-4-7-22-8-5-16)21(28)18(15)20(27)24-12-10-23(11-13-24)19(26)17-3-2-14-29-17/h2-3,6,9,14,16,22H,4-5,7-8,10-13H2,1H3. The third-order valence-electron chi connectivity index (χ3n) is 5.83. The Hall–Kier alpha value is -2.45. The highest BCUT2D eigenvalue weighted by Gasteiger charge is 2.29. The van der Waals surface area contributed by atoms with E-state index < -0.39 is 0 Å². The second kappa shape index (κ2) is 8.51. The fraction of sp³-hybridized carbons (Fsp3) is 0.476. The minimum Gasteiger partial charge on any atom is -0.335 e. The maximum atomic E-state index is 13.2. The third-order valence-corrected chi connectivity index (χ3v) is 6.69. The van der Waals surface area contributed by atoms with Crippen LogP contribution in [-0.2, 0) is 0 Å². The van der Waals surface area contributed by atoms with Crippen LogP contribution >= 0.6 is 11.3 Å². The molecule has 2 saturated heterocycles. The van der Waals surface area contributed by atoms with Crippen LogP contribution in [0.2, 0.25) is 0 Å². The number of piperidine rings is 1. The van der Waals surface area contributed by atoms with Gasteiger partial charge in [-0.3, -0.25) is 14.4 Å². The smallest absolute Gasteiger partial charge is 0.264 e. The first kappa shape index (κ1) is 19.8. The van der Waals surface area contributed by atoms with Crippen LogP contribution in [0, 0.1) is 6.92 Å². The van der Waals surface area contributed by atoms with Crippen LogP contribution in [-0.4, -0.2) is 65.4 Å². The van der Waals surface area contributed by atoms with Gasteiger partial charge >= 0.3 is 0 Å². The summed E-state index contributed by atoms with van der Waals surface area (Å²) < 4.78 is 1.73. The molecule has 0 spiro atoms. The van der Waals surface area contributed by atoms with E-state index in [1.807, 2.05) is 36.7 Å². The lowest BCUT2D eigenvalue weighted by Gasteiger charge is -2.35. The number of nitrogens with zero attached hydrogens (tertiary/aromatic N) is 3. The van der Waals surface area contributed by atoms with Gasteiger partial charge in [0.25, 0.3) is 17.4 Å². The zero-order valence-corrected chi connectivity index (χ0v) is 17.4. The molecule has 0 saturated carbocycles. The Balaban J connectivity index is 1.49.